The summed E-state index contributed by atoms with van der Waals surface area (Å²) in [5.74, 6) is 0.315. The van der Waals surface area contributed by atoms with Gasteiger partial charge in [0.25, 0.3) is 0 Å². The number of carbonyl (C=O) groups excluding carboxylic acids is 2. The summed E-state index contributed by atoms with van der Waals surface area (Å²) >= 11 is 0. The average Bonchev–Trinajstić information content (AvgIpc) is 2.70. The highest BCUT2D eigenvalue weighted by molar-refractivity contribution is 5.87. The van der Waals surface area contributed by atoms with E-state index < -0.39 is 5.97 Å². The number of hydrogen-bond donors (Lipinski definition) is 1. The number of carbonyl (C=O) groups is 2. The minimum Gasteiger partial charge on any atom is -0.464 e. The Morgan fingerprint density at radius 1 is 1.53 bits per heavy atom. The summed E-state index contributed by atoms with van der Waals surface area (Å²) in [6, 6.07) is 0. The maximum Gasteiger partial charge on any atom is 0.356 e. The Hall–Kier alpha value is -1.85. The number of imidazole rings is 1. The van der Waals surface area contributed by atoms with E-state index in [1.54, 1.807) is 11.6 Å². The molecule has 0 radical (unpaired) electrons. The summed E-state index contributed by atoms with van der Waals surface area (Å²) in [6.07, 6.45) is 2.57. The number of hydrogen-bond acceptors (Lipinski definition) is 4. The molecule has 1 amide bonds. The number of amides is 1. The molecule has 94 valence electrons. The molecule has 0 fully saturated rings. The minimum atomic E-state index is -0.412. The fraction of sp³-hybridized carbons (Fsp3) is 0.545. The van der Waals surface area contributed by atoms with E-state index in [1.807, 2.05) is 6.92 Å². The van der Waals surface area contributed by atoms with Crippen LogP contribution in [0.3, 0.4) is 0 Å². The molecule has 1 heterocycles. The summed E-state index contributed by atoms with van der Waals surface area (Å²) in [6.45, 7) is 2.38. The van der Waals surface area contributed by atoms with Crippen LogP contribution in [0.15, 0.2) is 6.20 Å². The molecule has 0 saturated heterocycles. The van der Waals surface area contributed by atoms with Crippen molar-refractivity contribution >= 4 is 11.9 Å². The zero-order valence-electron chi connectivity index (χ0n) is 10.3. The van der Waals surface area contributed by atoms with Crippen LogP contribution in [0.2, 0.25) is 0 Å². The van der Waals surface area contributed by atoms with Gasteiger partial charge in [0.1, 0.15) is 11.5 Å². The minimum absolute atomic E-state index is 0.0117. The van der Waals surface area contributed by atoms with Crippen molar-refractivity contribution in [2.75, 3.05) is 14.2 Å². The van der Waals surface area contributed by atoms with E-state index in [9.17, 15) is 9.59 Å². The van der Waals surface area contributed by atoms with Crippen molar-refractivity contribution in [1.82, 2.24) is 14.9 Å². The van der Waals surface area contributed by atoms with E-state index in [0.29, 0.717) is 25.1 Å². The van der Waals surface area contributed by atoms with E-state index in [4.69, 9.17) is 0 Å². The maximum atomic E-state index is 11.4. The van der Waals surface area contributed by atoms with Crippen LogP contribution in [0, 0.1) is 6.92 Å². The van der Waals surface area contributed by atoms with Gasteiger partial charge in [0.2, 0.25) is 5.91 Å². The first-order valence-electron chi connectivity index (χ1n) is 5.41. The van der Waals surface area contributed by atoms with Crippen LogP contribution in [0.25, 0.3) is 0 Å². The lowest BCUT2D eigenvalue weighted by atomic mass is 10.3. The van der Waals surface area contributed by atoms with Gasteiger partial charge in [0.15, 0.2) is 0 Å². The number of esters is 1. The number of aromatic nitrogens is 2. The molecule has 6 nitrogen and oxygen atoms in total. The van der Waals surface area contributed by atoms with Crippen LogP contribution >= 0.6 is 0 Å². The first kappa shape index (κ1) is 13.2. The van der Waals surface area contributed by atoms with Crippen molar-refractivity contribution in [2.24, 2.45) is 0 Å². The molecule has 0 spiro atoms. The van der Waals surface area contributed by atoms with Crippen molar-refractivity contribution in [3.8, 4) is 0 Å². The van der Waals surface area contributed by atoms with Crippen LogP contribution in [0.5, 0.6) is 0 Å². The van der Waals surface area contributed by atoms with Crippen LogP contribution in [-0.4, -0.2) is 35.6 Å². The Balaban J connectivity index is 2.66. The van der Waals surface area contributed by atoms with E-state index in [1.165, 1.54) is 13.3 Å². The summed E-state index contributed by atoms with van der Waals surface area (Å²) in [4.78, 5) is 26.6. The Morgan fingerprint density at radius 2 is 2.24 bits per heavy atom. The molecule has 0 aromatic carbocycles. The highest BCUT2D eigenvalue weighted by Crippen LogP contribution is 2.08. The maximum absolute atomic E-state index is 11.4. The van der Waals surface area contributed by atoms with Gasteiger partial charge in [-0.25, -0.2) is 9.78 Å². The zero-order valence-corrected chi connectivity index (χ0v) is 10.3. The first-order chi connectivity index (χ1) is 8.10. The van der Waals surface area contributed by atoms with Crippen LogP contribution < -0.4 is 5.32 Å². The number of ether oxygens (including phenoxy) is 1. The highest BCUT2D eigenvalue weighted by atomic mass is 16.5. The molecular weight excluding hydrogens is 222 g/mol. The van der Waals surface area contributed by atoms with Gasteiger partial charge >= 0.3 is 5.97 Å². The molecular formula is C11H17N3O3. The molecule has 0 saturated carbocycles. The summed E-state index contributed by atoms with van der Waals surface area (Å²) in [5, 5.41) is 2.55. The number of nitrogens with zero attached hydrogens (tertiary/aromatic N) is 2. The third-order valence-electron chi connectivity index (χ3n) is 2.51. The van der Waals surface area contributed by atoms with Gasteiger partial charge < -0.3 is 14.6 Å². The third-order valence-corrected chi connectivity index (χ3v) is 2.51. The SMILES string of the molecule is CNC(=O)CCCn1c(C(=O)OC)cnc1C. The normalized spacial score (nSPS) is 10.1. The second-order valence-corrected chi connectivity index (χ2v) is 3.61. The lowest BCUT2D eigenvalue weighted by Gasteiger charge is -2.08. The molecule has 0 aliphatic heterocycles. The molecule has 6 heteroatoms. The summed E-state index contributed by atoms with van der Waals surface area (Å²) in [7, 11) is 2.93. The smallest absolute Gasteiger partial charge is 0.356 e. The lowest BCUT2D eigenvalue weighted by molar-refractivity contribution is -0.120. The zero-order chi connectivity index (χ0) is 12.8. The predicted octanol–water partition coefficient (Wildman–Crippen LogP) is 0.504. The molecule has 0 atom stereocenters. The summed E-state index contributed by atoms with van der Waals surface area (Å²) < 4.78 is 6.42. The van der Waals surface area contributed by atoms with E-state index in [-0.39, 0.29) is 5.91 Å². The molecule has 1 aromatic heterocycles. The Bertz CT molecular complexity index is 412. The van der Waals surface area contributed by atoms with Gasteiger partial charge in [-0.05, 0) is 13.3 Å². The Labute approximate surface area is 100.0 Å². The fourth-order valence-corrected chi connectivity index (χ4v) is 1.54. The van der Waals surface area contributed by atoms with Crippen LogP contribution in [0.1, 0.15) is 29.2 Å². The average molecular weight is 239 g/mol. The van der Waals surface area contributed by atoms with E-state index in [2.05, 4.69) is 15.0 Å². The Kier molecular flexibility index (Phi) is 4.68. The van der Waals surface area contributed by atoms with Crippen molar-refractivity contribution < 1.29 is 14.3 Å². The van der Waals surface area contributed by atoms with Crippen molar-refractivity contribution in [3.05, 3.63) is 17.7 Å². The highest BCUT2D eigenvalue weighted by Gasteiger charge is 2.14. The Morgan fingerprint density at radius 3 is 2.82 bits per heavy atom. The van der Waals surface area contributed by atoms with Gasteiger partial charge in [0.05, 0.1) is 13.3 Å². The van der Waals surface area contributed by atoms with Crippen molar-refractivity contribution in [3.63, 3.8) is 0 Å². The molecule has 0 unspecified atom stereocenters. The van der Waals surface area contributed by atoms with Gasteiger partial charge in [-0.15, -0.1) is 0 Å². The molecule has 1 rings (SSSR count). The second-order valence-electron chi connectivity index (χ2n) is 3.61. The molecule has 0 bridgehead atoms. The molecule has 1 N–H and O–H groups in total. The van der Waals surface area contributed by atoms with E-state index in [0.717, 1.165) is 5.82 Å². The van der Waals surface area contributed by atoms with E-state index >= 15 is 0 Å². The standard InChI is InChI=1S/C11H17N3O3/c1-8-13-7-9(11(16)17-3)14(8)6-4-5-10(15)12-2/h7H,4-6H2,1-3H3,(H,12,15). The quantitative estimate of drug-likeness (QED) is 0.759. The first-order valence-corrected chi connectivity index (χ1v) is 5.41. The lowest BCUT2D eigenvalue weighted by Crippen LogP contribution is -2.18. The van der Waals surface area contributed by atoms with Crippen LogP contribution in [0.4, 0.5) is 0 Å². The van der Waals surface area contributed by atoms with Crippen molar-refractivity contribution in [1.29, 1.82) is 0 Å². The number of methoxy groups -OCH3 is 1. The molecule has 1 aromatic rings. The number of nitrogens with one attached hydrogen (secondary N) is 1. The van der Waals surface area contributed by atoms with Gasteiger partial charge in [-0.3, -0.25) is 4.79 Å². The van der Waals surface area contributed by atoms with Crippen LogP contribution in [-0.2, 0) is 16.1 Å². The topological polar surface area (TPSA) is 73.2 Å². The number of aryl methyl sites for hydroxylation is 1. The van der Waals surface area contributed by atoms with Gasteiger partial charge in [-0.2, -0.15) is 0 Å². The molecule has 0 aliphatic carbocycles. The predicted molar refractivity (Wildman–Crippen MR) is 61.6 cm³/mol. The summed E-state index contributed by atoms with van der Waals surface area (Å²) in [5.41, 5.74) is 0.418. The van der Waals surface area contributed by atoms with Crippen molar-refractivity contribution in [2.45, 2.75) is 26.3 Å². The monoisotopic (exact) mass is 239 g/mol. The molecule has 17 heavy (non-hydrogen) atoms. The molecule has 0 aliphatic rings. The van der Waals surface area contributed by atoms with Gasteiger partial charge in [-0.1, -0.05) is 0 Å². The largest absolute Gasteiger partial charge is 0.464 e. The third kappa shape index (κ3) is 3.30. The fourth-order valence-electron chi connectivity index (χ4n) is 1.54. The van der Waals surface area contributed by atoms with Gasteiger partial charge in [0, 0.05) is 20.0 Å². The number of rotatable bonds is 5. The second kappa shape index (κ2) is 6.03.